The van der Waals surface area contributed by atoms with Crippen molar-refractivity contribution in [2.24, 2.45) is 5.41 Å². The lowest BCUT2D eigenvalue weighted by molar-refractivity contribution is -0.134. The summed E-state index contributed by atoms with van der Waals surface area (Å²) in [5, 5.41) is 0. The van der Waals surface area contributed by atoms with Crippen molar-refractivity contribution in [1.82, 2.24) is 0 Å². The second-order valence-corrected chi connectivity index (χ2v) is 6.86. The topological polar surface area (TPSA) is 43.4 Å². The van der Waals surface area contributed by atoms with Crippen molar-refractivity contribution in [3.8, 4) is 0 Å². The molecule has 0 aromatic heterocycles. The molecular formula is C21H28O3. The molecule has 0 unspecified atom stereocenters. The van der Waals surface area contributed by atoms with Crippen LogP contribution >= 0.6 is 0 Å². The van der Waals surface area contributed by atoms with Gasteiger partial charge in [0.1, 0.15) is 0 Å². The number of Topliss-reactive ketones (excluding diaryl/α,β-unsaturated/α-hetero) is 1. The summed E-state index contributed by atoms with van der Waals surface area (Å²) in [5.41, 5.74) is 3.93. The first-order chi connectivity index (χ1) is 11.2. The quantitative estimate of drug-likeness (QED) is 0.411. The predicted octanol–water partition coefficient (Wildman–Crippen LogP) is 4.87. The molecule has 1 aliphatic carbocycles. The van der Waals surface area contributed by atoms with Gasteiger partial charge >= 0.3 is 5.97 Å². The zero-order valence-corrected chi connectivity index (χ0v) is 15.6. The van der Waals surface area contributed by atoms with Crippen LogP contribution in [-0.4, -0.2) is 18.9 Å². The maximum absolute atomic E-state index is 11.9. The molecule has 0 aromatic carbocycles. The molecule has 0 aliphatic heterocycles. The van der Waals surface area contributed by atoms with Crippen molar-refractivity contribution in [3.05, 3.63) is 58.7 Å². The number of esters is 1. The third kappa shape index (κ3) is 5.80. The van der Waals surface area contributed by atoms with Gasteiger partial charge in [-0.25, -0.2) is 4.79 Å². The fourth-order valence-electron chi connectivity index (χ4n) is 2.67. The highest BCUT2D eigenvalue weighted by Gasteiger charge is 2.30. The summed E-state index contributed by atoms with van der Waals surface area (Å²) >= 11 is 0. The summed E-state index contributed by atoms with van der Waals surface area (Å²) in [5.74, 6) is -0.108. The molecule has 0 saturated heterocycles. The van der Waals surface area contributed by atoms with Gasteiger partial charge in [-0.3, -0.25) is 4.79 Å². The van der Waals surface area contributed by atoms with Crippen LogP contribution in [0.25, 0.3) is 0 Å². The summed E-state index contributed by atoms with van der Waals surface area (Å²) < 4.78 is 4.58. The van der Waals surface area contributed by atoms with E-state index < -0.39 is 0 Å². The zero-order chi connectivity index (χ0) is 18.3. The van der Waals surface area contributed by atoms with Gasteiger partial charge in [-0.15, -0.1) is 0 Å². The number of ketones is 1. The summed E-state index contributed by atoms with van der Waals surface area (Å²) in [7, 11) is 1.36. The van der Waals surface area contributed by atoms with Crippen molar-refractivity contribution in [3.63, 3.8) is 0 Å². The summed E-state index contributed by atoms with van der Waals surface area (Å²) in [4.78, 5) is 23.1. The molecule has 0 saturated carbocycles. The van der Waals surface area contributed by atoms with Crippen LogP contribution in [0.1, 0.15) is 47.5 Å². The second kappa shape index (κ2) is 8.62. The number of carbonyl (C=O) groups is 2. The molecule has 3 heteroatoms. The van der Waals surface area contributed by atoms with Gasteiger partial charge in [0.15, 0.2) is 5.78 Å². The van der Waals surface area contributed by atoms with Crippen LogP contribution in [0.3, 0.4) is 0 Å². The van der Waals surface area contributed by atoms with Gasteiger partial charge < -0.3 is 4.74 Å². The molecule has 0 amide bonds. The highest BCUT2D eigenvalue weighted by atomic mass is 16.5. The van der Waals surface area contributed by atoms with Crippen molar-refractivity contribution >= 4 is 11.8 Å². The minimum absolute atomic E-state index is 0.0322. The van der Waals surface area contributed by atoms with Gasteiger partial charge in [-0.05, 0) is 49.3 Å². The molecular weight excluding hydrogens is 300 g/mol. The van der Waals surface area contributed by atoms with E-state index in [4.69, 9.17) is 0 Å². The number of carbonyl (C=O) groups excluding carboxylic acids is 2. The van der Waals surface area contributed by atoms with E-state index >= 15 is 0 Å². The zero-order valence-electron chi connectivity index (χ0n) is 15.6. The van der Waals surface area contributed by atoms with Gasteiger partial charge in [0.05, 0.1) is 7.11 Å². The monoisotopic (exact) mass is 328 g/mol. The number of allylic oxidation sites excluding steroid dienone is 9. The Kier molecular flexibility index (Phi) is 7.15. The molecule has 0 N–H and O–H groups in total. The van der Waals surface area contributed by atoms with Gasteiger partial charge in [0.2, 0.25) is 0 Å². The largest absolute Gasteiger partial charge is 0.466 e. The Morgan fingerprint density at radius 1 is 1.17 bits per heavy atom. The summed E-state index contributed by atoms with van der Waals surface area (Å²) in [6, 6.07) is 0. The third-order valence-electron chi connectivity index (χ3n) is 4.31. The molecule has 1 aliphatic rings. The fraction of sp³-hybridized carbons (Fsp3) is 0.429. The van der Waals surface area contributed by atoms with Gasteiger partial charge in [-0.1, -0.05) is 49.8 Å². The molecule has 24 heavy (non-hydrogen) atoms. The lowest BCUT2D eigenvalue weighted by Gasteiger charge is -2.32. The Bertz CT molecular complexity index is 653. The van der Waals surface area contributed by atoms with Crippen LogP contribution in [0.15, 0.2) is 58.7 Å². The normalized spacial score (nSPS) is 19.5. The van der Waals surface area contributed by atoms with Crippen molar-refractivity contribution < 1.29 is 14.3 Å². The maximum atomic E-state index is 11.9. The highest BCUT2D eigenvalue weighted by Crippen LogP contribution is 2.39. The van der Waals surface area contributed by atoms with E-state index in [9.17, 15) is 9.59 Å². The minimum Gasteiger partial charge on any atom is -0.466 e. The molecule has 130 valence electrons. The van der Waals surface area contributed by atoms with Crippen molar-refractivity contribution in [2.45, 2.75) is 47.5 Å². The van der Waals surface area contributed by atoms with Gasteiger partial charge in [0, 0.05) is 12.5 Å². The van der Waals surface area contributed by atoms with Crippen LogP contribution in [0.2, 0.25) is 0 Å². The Morgan fingerprint density at radius 3 is 2.46 bits per heavy atom. The van der Waals surface area contributed by atoms with E-state index in [1.165, 1.54) is 13.2 Å². The average Bonchev–Trinajstić information content (AvgIpc) is 2.51. The van der Waals surface area contributed by atoms with E-state index in [1.54, 1.807) is 0 Å². The van der Waals surface area contributed by atoms with Gasteiger partial charge in [-0.2, -0.15) is 0 Å². The minimum atomic E-state index is -0.357. The van der Waals surface area contributed by atoms with Crippen LogP contribution in [0, 0.1) is 5.41 Å². The van der Waals surface area contributed by atoms with Crippen LogP contribution < -0.4 is 0 Å². The highest BCUT2D eigenvalue weighted by molar-refractivity contribution is 5.97. The average molecular weight is 328 g/mol. The number of rotatable bonds is 5. The number of ether oxygens (including phenoxy) is 1. The van der Waals surface area contributed by atoms with Crippen LogP contribution in [-0.2, 0) is 14.3 Å². The Morgan fingerprint density at radius 2 is 1.83 bits per heavy atom. The molecule has 0 spiro atoms. The maximum Gasteiger partial charge on any atom is 0.330 e. The Balaban J connectivity index is 2.86. The first-order valence-corrected chi connectivity index (χ1v) is 8.21. The first kappa shape index (κ1) is 19.9. The summed E-state index contributed by atoms with van der Waals surface area (Å²) in [6.45, 7) is 10.1. The van der Waals surface area contributed by atoms with E-state index in [0.717, 1.165) is 28.7 Å². The Labute approximate surface area is 145 Å². The standard InChI is InChI=1S/C21H28O3/c1-15(8-7-9-16(2)14-20(23)24-6)10-11-18-17(3)19(22)12-13-21(18,4)5/h7-11,14H,12-13H2,1-6H3/b9-7+,11-10+,15-8+,16-14-. The molecule has 0 aromatic rings. The van der Waals surface area contributed by atoms with Crippen molar-refractivity contribution in [1.29, 1.82) is 0 Å². The predicted molar refractivity (Wildman–Crippen MR) is 98.5 cm³/mol. The summed E-state index contributed by atoms with van der Waals surface area (Å²) in [6.07, 6.45) is 12.8. The lowest BCUT2D eigenvalue weighted by atomic mass is 9.72. The van der Waals surface area contributed by atoms with E-state index in [-0.39, 0.29) is 17.2 Å². The van der Waals surface area contributed by atoms with Crippen LogP contribution in [0.4, 0.5) is 0 Å². The molecule has 0 bridgehead atoms. The molecule has 1 rings (SSSR count). The first-order valence-electron chi connectivity index (χ1n) is 8.21. The fourth-order valence-corrected chi connectivity index (χ4v) is 2.67. The van der Waals surface area contributed by atoms with Crippen LogP contribution in [0.5, 0.6) is 0 Å². The number of hydrogen-bond donors (Lipinski definition) is 0. The Hall–Kier alpha value is -2.16. The second-order valence-electron chi connectivity index (χ2n) is 6.86. The van der Waals surface area contributed by atoms with E-state index in [2.05, 4.69) is 24.7 Å². The number of hydrogen-bond acceptors (Lipinski definition) is 3. The molecule has 0 radical (unpaired) electrons. The molecule has 3 nitrogen and oxygen atoms in total. The van der Waals surface area contributed by atoms with Crippen molar-refractivity contribution in [2.75, 3.05) is 7.11 Å². The number of methoxy groups -OCH3 is 1. The smallest absolute Gasteiger partial charge is 0.330 e. The SMILES string of the molecule is COC(=O)\C=C(C)/C=C/C=C(C)/C=C/C1=C(C)C(=O)CCC1(C)C. The molecule has 0 heterocycles. The molecule has 0 atom stereocenters. The molecule has 0 fully saturated rings. The van der Waals surface area contributed by atoms with E-state index in [1.807, 2.05) is 45.1 Å². The van der Waals surface area contributed by atoms with Gasteiger partial charge in [0.25, 0.3) is 0 Å². The van der Waals surface area contributed by atoms with E-state index in [0.29, 0.717) is 6.42 Å². The lowest BCUT2D eigenvalue weighted by Crippen LogP contribution is -2.24. The third-order valence-corrected chi connectivity index (χ3v) is 4.31.